The molecule has 0 spiro atoms. The highest BCUT2D eigenvalue weighted by molar-refractivity contribution is 7.12. The minimum atomic E-state index is -0.324. The van der Waals surface area contributed by atoms with E-state index in [-0.39, 0.29) is 17.9 Å². The minimum absolute atomic E-state index is 0.0171. The van der Waals surface area contributed by atoms with Gasteiger partial charge in [0.2, 0.25) is 5.91 Å². The molecular weight excluding hydrogens is 286 g/mol. The molecule has 1 atom stereocenters. The van der Waals surface area contributed by atoms with Gasteiger partial charge >= 0.3 is 0 Å². The van der Waals surface area contributed by atoms with Gasteiger partial charge in [0.1, 0.15) is 6.04 Å². The van der Waals surface area contributed by atoms with E-state index in [0.29, 0.717) is 18.0 Å². The Kier molecular flexibility index (Phi) is 6.20. The predicted molar refractivity (Wildman–Crippen MR) is 84.5 cm³/mol. The first-order valence-electron chi connectivity index (χ1n) is 7.57. The summed E-state index contributed by atoms with van der Waals surface area (Å²) >= 11 is 1.43. The maximum atomic E-state index is 12.5. The Morgan fingerprint density at radius 1 is 1.38 bits per heavy atom. The highest BCUT2D eigenvalue weighted by Crippen LogP contribution is 2.21. The van der Waals surface area contributed by atoms with Crippen molar-refractivity contribution in [2.75, 3.05) is 26.2 Å². The van der Waals surface area contributed by atoms with Crippen LogP contribution in [0.15, 0.2) is 17.5 Å². The van der Waals surface area contributed by atoms with Gasteiger partial charge in [0.15, 0.2) is 0 Å². The molecule has 1 aliphatic rings. The van der Waals surface area contributed by atoms with E-state index in [2.05, 4.69) is 10.6 Å². The molecule has 0 bridgehead atoms. The molecular formula is C15H23N3O2S. The summed E-state index contributed by atoms with van der Waals surface area (Å²) in [4.78, 5) is 27.3. The molecule has 2 heterocycles. The molecule has 1 aliphatic heterocycles. The van der Waals surface area contributed by atoms with Crippen molar-refractivity contribution in [2.45, 2.75) is 32.2 Å². The molecule has 116 valence electrons. The first-order valence-corrected chi connectivity index (χ1v) is 8.45. The van der Waals surface area contributed by atoms with E-state index in [1.165, 1.54) is 11.3 Å². The van der Waals surface area contributed by atoms with Crippen molar-refractivity contribution in [1.82, 2.24) is 15.5 Å². The van der Waals surface area contributed by atoms with E-state index in [4.69, 9.17) is 0 Å². The molecule has 0 aliphatic carbocycles. The zero-order chi connectivity index (χ0) is 15.1. The second-order valence-electron chi connectivity index (χ2n) is 5.13. The largest absolute Gasteiger partial charge is 0.353 e. The van der Waals surface area contributed by atoms with Crippen LogP contribution in [0.1, 0.15) is 35.9 Å². The van der Waals surface area contributed by atoms with E-state index in [1.54, 1.807) is 4.90 Å². The van der Waals surface area contributed by atoms with Gasteiger partial charge in [0, 0.05) is 19.6 Å². The second kappa shape index (κ2) is 8.14. The molecule has 1 aromatic heterocycles. The molecule has 2 amide bonds. The number of carbonyl (C=O) groups excluding carboxylic acids is 2. The molecule has 1 unspecified atom stereocenters. The molecule has 1 aromatic rings. The third kappa shape index (κ3) is 4.28. The first-order chi connectivity index (χ1) is 10.2. The number of thiophene rings is 1. The van der Waals surface area contributed by atoms with Gasteiger partial charge in [0.05, 0.1) is 4.88 Å². The van der Waals surface area contributed by atoms with Gasteiger partial charge in [-0.05, 0) is 37.3 Å². The van der Waals surface area contributed by atoms with Crippen LogP contribution < -0.4 is 10.6 Å². The molecule has 1 fully saturated rings. The maximum absolute atomic E-state index is 12.5. The highest BCUT2D eigenvalue weighted by atomic mass is 32.1. The lowest BCUT2D eigenvalue weighted by Crippen LogP contribution is -2.52. The quantitative estimate of drug-likeness (QED) is 0.782. The normalized spacial score (nSPS) is 18.5. The Morgan fingerprint density at radius 3 is 2.95 bits per heavy atom. The number of rotatable bonds is 6. The summed E-state index contributed by atoms with van der Waals surface area (Å²) in [5.74, 6) is -0.0472. The van der Waals surface area contributed by atoms with Crippen LogP contribution in [-0.2, 0) is 4.79 Å². The van der Waals surface area contributed by atoms with E-state index in [0.717, 1.165) is 32.4 Å². The Bertz CT molecular complexity index is 461. The van der Waals surface area contributed by atoms with E-state index in [1.807, 2.05) is 24.4 Å². The van der Waals surface area contributed by atoms with Gasteiger partial charge in [-0.3, -0.25) is 9.59 Å². The first kappa shape index (κ1) is 16.0. The van der Waals surface area contributed by atoms with Gasteiger partial charge in [-0.1, -0.05) is 13.0 Å². The van der Waals surface area contributed by atoms with E-state index in [9.17, 15) is 9.59 Å². The third-order valence-corrected chi connectivity index (χ3v) is 4.51. The number of likely N-dealkylation sites (N-methyl/N-ethyl adjacent to an activating group) is 1. The van der Waals surface area contributed by atoms with Gasteiger partial charge in [-0.25, -0.2) is 0 Å². The van der Waals surface area contributed by atoms with E-state index >= 15 is 0 Å². The number of carbonyl (C=O) groups is 2. The summed E-state index contributed by atoms with van der Waals surface area (Å²) in [6.07, 6.45) is 2.72. The Morgan fingerprint density at radius 2 is 2.24 bits per heavy atom. The molecule has 0 aromatic carbocycles. The number of likely N-dealkylation sites (tertiary alicyclic amines) is 1. The van der Waals surface area contributed by atoms with Gasteiger partial charge < -0.3 is 15.5 Å². The zero-order valence-corrected chi connectivity index (χ0v) is 13.2. The average molecular weight is 309 g/mol. The third-order valence-electron chi connectivity index (χ3n) is 3.65. The predicted octanol–water partition coefficient (Wildman–Crippen LogP) is 1.47. The molecule has 6 heteroatoms. The number of amides is 2. The topological polar surface area (TPSA) is 61.4 Å². The molecule has 2 rings (SSSR count). The lowest BCUT2D eigenvalue weighted by Gasteiger charge is -2.34. The van der Waals surface area contributed by atoms with Crippen molar-refractivity contribution in [1.29, 1.82) is 0 Å². The number of piperidine rings is 1. The van der Waals surface area contributed by atoms with Crippen molar-refractivity contribution < 1.29 is 9.59 Å². The van der Waals surface area contributed by atoms with Crippen molar-refractivity contribution in [3.05, 3.63) is 22.4 Å². The Hall–Kier alpha value is -1.40. The highest BCUT2D eigenvalue weighted by Gasteiger charge is 2.32. The lowest BCUT2D eigenvalue weighted by atomic mass is 10.0. The lowest BCUT2D eigenvalue weighted by molar-refractivity contribution is -0.126. The summed E-state index contributed by atoms with van der Waals surface area (Å²) in [5, 5.41) is 7.99. The van der Waals surface area contributed by atoms with Crippen LogP contribution in [0.25, 0.3) is 0 Å². The molecule has 0 radical (unpaired) electrons. The summed E-state index contributed by atoms with van der Waals surface area (Å²) < 4.78 is 0. The van der Waals surface area contributed by atoms with Crippen LogP contribution in [-0.4, -0.2) is 48.9 Å². The molecule has 0 saturated carbocycles. The Balaban J connectivity index is 1.95. The molecule has 1 saturated heterocycles. The maximum Gasteiger partial charge on any atom is 0.264 e. The van der Waals surface area contributed by atoms with Crippen LogP contribution >= 0.6 is 11.3 Å². The van der Waals surface area contributed by atoms with Gasteiger partial charge in [-0.15, -0.1) is 11.3 Å². The molecule has 2 N–H and O–H groups in total. The average Bonchev–Trinajstić information content (AvgIpc) is 3.05. The number of hydrogen-bond acceptors (Lipinski definition) is 4. The zero-order valence-electron chi connectivity index (χ0n) is 12.4. The summed E-state index contributed by atoms with van der Waals surface area (Å²) in [6.45, 7) is 4.95. The fourth-order valence-electron chi connectivity index (χ4n) is 2.56. The fourth-order valence-corrected chi connectivity index (χ4v) is 3.24. The van der Waals surface area contributed by atoms with Crippen LogP contribution in [0.2, 0.25) is 0 Å². The smallest absolute Gasteiger partial charge is 0.264 e. The SMILES string of the molecule is CCNCCNC(=O)C1CCCCN1C(=O)c1cccs1. The summed E-state index contributed by atoms with van der Waals surface area (Å²) in [7, 11) is 0. The van der Waals surface area contributed by atoms with Crippen molar-refractivity contribution in [3.63, 3.8) is 0 Å². The number of nitrogens with one attached hydrogen (secondary N) is 2. The van der Waals surface area contributed by atoms with Crippen LogP contribution in [0.3, 0.4) is 0 Å². The van der Waals surface area contributed by atoms with Crippen LogP contribution in [0.5, 0.6) is 0 Å². The van der Waals surface area contributed by atoms with Gasteiger partial charge in [0.25, 0.3) is 5.91 Å². The van der Waals surface area contributed by atoms with Crippen molar-refractivity contribution in [2.24, 2.45) is 0 Å². The second-order valence-corrected chi connectivity index (χ2v) is 6.08. The number of hydrogen-bond donors (Lipinski definition) is 2. The standard InChI is InChI=1S/C15H23N3O2S/c1-2-16-8-9-17-14(19)12-6-3-4-10-18(12)15(20)13-7-5-11-21-13/h5,7,11-12,16H,2-4,6,8-10H2,1H3,(H,17,19). The van der Waals surface area contributed by atoms with Crippen molar-refractivity contribution >= 4 is 23.2 Å². The summed E-state index contributed by atoms with van der Waals surface area (Å²) in [5.41, 5.74) is 0. The monoisotopic (exact) mass is 309 g/mol. The minimum Gasteiger partial charge on any atom is -0.353 e. The van der Waals surface area contributed by atoms with Gasteiger partial charge in [-0.2, -0.15) is 0 Å². The number of nitrogens with zero attached hydrogens (tertiary/aromatic N) is 1. The molecule has 5 nitrogen and oxygen atoms in total. The van der Waals surface area contributed by atoms with Crippen LogP contribution in [0, 0.1) is 0 Å². The van der Waals surface area contributed by atoms with E-state index < -0.39 is 0 Å². The fraction of sp³-hybridized carbons (Fsp3) is 0.600. The van der Waals surface area contributed by atoms with Crippen LogP contribution in [0.4, 0.5) is 0 Å². The summed E-state index contributed by atoms with van der Waals surface area (Å²) in [6, 6.07) is 3.37. The Labute approximate surface area is 129 Å². The molecule has 21 heavy (non-hydrogen) atoms. The van der Waals surface area contributed by atoms with Crippen molar-refractivity contribution in [3.8, 4) is 0 Å².